The lowest BCUT2D eigenvalue weighted by molar-refractivity contribution is 0.102. The number of carbonyl (C=O) groups is 1. The van der Waals surface area contributed by atoms with Gasteiger partial charge in [-0.3, -0.25) is 9.10 Å². The lowest BCUT2D eigenvalue weighted by Gasteiger charge is -2.23. The van der Waals surface area contributed by atoms with E-state index in [0.29, 0.717) is 17.8 Å². The summed E-state index contributed by atoms with van der Waals surface area (Å²) in [6, 6.07) is 23.0. The molecule has 0 radical (unpaired) electrons. The minimum atomic E-state index is -3.77. The third kappa shape index (κ3) is 4.77. The van der Waals surface area contributed by atoms with Gasteiger partial charge in [-0.15, -0.1) is 22.7 Å². The van der Waals surface area contributed by atoms with Gasteiger partial charge in [-0.1, -0.05) is 30.3 Å². The number of aromatic nitrogens is 1. The number of thiophene rings is 1. The molecule has 0 atom stereocenters. The summed E-state index contributed by atoms with van der Waals surface area (Å²) in [5.41, 5.74) is 3.91. The van der Waals surface area contributed by atoms with Crippen LogP contribution in [0.2, 0.25) is 0 Å². The van der Waals surface area contributed by atoms with Crippen molar-refractivity contribution < 1.29 is 13.2 Å². The summed E-state index contributed by atoms with van der Waals surface area (Å²) >= 11 is 3.11. The van der Waals surface area contributed by atoms with Crippen molar-refractivity contribution in [1.82, 2.24) is 4.98 Å². The van der Waals surface area contributed by atoms with Crippen molar-refractivity contribution in [3.63, 3.8) is 0 Å². The molecule has 0 saturated carbocycles. The minimum absolute atomic E-state index is 0.132. The fourth-order valence-electron chi connectivity index (χ4n) is 4.12. The molecule has 0 aliphatic rings. The standard InChI is InChI=1S/C28H25N3O3S3/c1-4-31(21-10-6-5-7-11-21)37(33,34)22-16-14-20(15-17-22)26(32)30-28-25(18(2)19(3)35-28)27-29-23-12-8-9-13-24(23)36-27/h5-17H,4H2,1-3H3,(H,30,32). The van der Waals surface area contributed by atoms with Crippen LogP contribution in [0, 0.1) is 13.8 Å². The van der Waals surface area contributed by atoms with E-state index < -0.39 is 10.0 Å². The quantitative estimate of drug-likeness (QED) is 0.235. The summed E-state index contributed by atoms with van der Waals surface area (Å²) in [7, 11) is -3.77. The number of benzene rings is 3. The van der Waals surface area contributed by atoms with Crippen molar-refractivity contribution in [3.05, 3.63) is 94.9 Å². The first-order chi connectivity index (χ1) is 17.8. The molecule has 0 saturated heterocycles. The van der Waals surface area contributed by atoms with Crippen LogP contribution < -0.4 is 9.62 Å². The lowest BCUT2D eigenvalue weighted by Crippen LogP contribution is -2.30. The Morgan fingerprint density at radius 1 is 0.919 bits per heavy atom. The molecule has 188 valence electrons. The summed E-state index contributed by atoms with van der Waals surface area (Å²) in [5.74, 6) is -0.303. The van der Waals surface area contributed by atoms with Crippen LogP contribution in [0.3, 0.4) is 0 Å². The Labute approximate surface area is 224 Å². The van der Waals surface area contributed by atoms with Crippen molar-refractivity contribution in [3.8, 4) is 10.6 Å². The van der Waals surface area contributed by atoms with E-state index in [1.807, 2.05) is 44.2 Å². The van der Waals surface area contributed by atoms with Crippen molar-refractivity contribution in [2.45, 2.75) is 25.7 Å². The predicted octanol–water partition coefficient (Wildman–Crippen LogP) is 7.11. The lowest BCUT2D eigenvalue weighted by atomic mass is 10.1. The number of aryl methyl sites for hydroxylation is 1. The summed E-state index contributed by atoms with van der Waals surface area (Å²) in [5, 5.41) is 4.63. The van der Waals surface area contributed by atoms with Crippen molar-refractivity contribution in [1.29, 1.82) is 0 Å². The summed E-state index contributed by atoms with van der Waals surface area (Å²) in [6.45, 7) is 6.15. The van der Waals surface area contributed by atoms with Gasteiger partial charge in [-0.05, 0) is 74.9 Å². The van der Waals surface area contributed by atoms with Gasteiger partial charge in [0, 0.05) is 22.5 Å². The van der Waals surface area contributed by atoms with Gasteiger partial charge < -0.3 is 5.32 Å². The second kappa shape index (κ2) is 10.1. The Hall–Kier alpha value is -3.53. The first kappa shape index (κ1) is 25.1. The highest BCUT2D eigenvalue weighted by Gasteiger charge is 2.24. The molecule has 37 heavy (non-hydrogen) atoms. The van der Waals surface area contributed by atoms with Gasteiger partial charge in [-0.2, -0.15) is 0 Å². The summed E-state index contributed by atoms with van der Waals surface area (Å²) in [6.07, 6.45) is 0. The molecular weight excluding hydrogens is 523 g/mol. The summed E-state index contributed by atoms with van der Waals surface area (Å²) < 4.78 is 29.0. The van der Waals surface area contributed by atoms with E-state index >= 15 is 0 Å². The van der Waals surface area contributed by atoms with Crippen LogP contribution in [0.4, 0.5) is 10.7 Å². The minimum Gasteiger partial charge on any atom is -0.313 e. The number of nitrogens with one attached hydrogen (secondary N) is 1. The van der Waals surface area contributed by atoms with Gasteiger partial charge in [0.05, 0.1) is 20.8 Å². The number of thiazole rings is 1. The largest absolute Gasteiger partial charge is 0.313 e. The van der Waals surface area contributed by atoms with Gasteiger partial charge in [0.1, 0.15) is 10.0 Å². The molecule has 1 N–H and O–H groups in total. The molecule has 5 aromatic rings. The van der Waals surface area contributed by atoms with Crippen molar-refractivity contribution >= 4 is 59.5 Å². The van der Waals surface area contributed by atoms with Gasteiger partial charge >= 0.3 is 0 Å². The number of carbonyl (C=O) groups excluding carboxylic acids is 1. The molecule has 0 spiro atoms. The zero-order valence-electron chi connectivity index (χ0n) is 20.6. The second-order valence-electron chi connectivity index (χ2n) is 8.46. The average molecular weight is 548 g/mol. The zero-order chi connectivity index (χ0) is 26.2. The van der Waals surface area contributed by atoms with E-state index in [9.17, 15) is 13.2 Å². The SMILES string of the molecule is CCN(c1ccccc1)S(=O)(=O)c1ccc(C(=O)Nc2sc(C)c(C)c2-c2nc3ccccc3s2)cc1. The van der Waals surface area contributed by atoms with Crippen LogP contribution in [0.5, 0.6) is 0 Å². The monoisotopic (exact) mass is 547 g/mol. The number of sulfonamides is 1. The molecule has 9 heteroatoms. The number of fused-ring (bicyclic) bond motifs is 1. The Kier molecular flexibility index (Phi) is 6.85. The van der Waals surface area contributed by atoms with Crippen LogP contribution in [0.25, 0.3) is 20.8 Å². The number of anilines is 2. The van der Waals surface area contributed by atoms with Gasteiger partial charge in [0.15, 0.2) is 0 Å². The number of hydrogen-bond donors (Lipinski definition) is 1. The third-order valence-electron chi connectivity index (χ3n) is 6.16. The predicted molar refractivity (Wildman–Crippen MR) is 153 cm³/mol. The van der Waals surface area contributed by atoms with Crippen LogP contribution in [0.1, 0.15) is 27.7 Å². The Morgan fingerprint density at radius 3 is 2.27 bits per heavy atom. The fourth-order valence-corrected chi connectivity index (χ4v) is 7.79. The number of hydrogen-bond acceptors (Lipinski definition) is 6. The maximum absolute atomic E-state index is 13.3. The normalized spacial score (nSPS) is 11.5. The molecular formula is C28H25N3O3S3. The van der Waals surface area contributed by atoms with Crippen molar-refractivity contribution in [2.75, 3.05) is 16.2 Å². The van der Waals surface area contributed by atoms with E-state index in [2.05, 4.69) is 5.32 Å². The smallest absolute Gasteiger partial charge is 0.264 e. The topological polar surface area (TPSA) is 79.4 Å². The first-order valence-electron chi connectivity index (χ1n) is 11.7. The van der Waals surface area contributed by atoms with Crippen LogP contribution in [0.15, 0.2) is 83.8 Å². The maximum atomic E-state index is 13.3. The first-order valence-corrected chi connectivity index (χ1v) is 14.8. The van der Waals surface area contributed by atoms with Crippen LogP contribution in [-0.2, 0) is 10.0 Å². The van der Waals surface area contributed by atoms with E-state index in [1.165, 1.54) is 27.8 Å². The van der Waals surface area contributed by atoms with Gasteiger partial charge in [0.25, 0.3) is 15.9 Å². The highest BCUT2D eigenvalue weighted by atomic mass is 32.2. The molecule has 3 aromatic carbocycles. The molecule has 0 aliphatic heterocycles. The summed E-state index contributed by atoms with van der Waals surface area (Å²) in [4.78, 5) is 19.2. The van der Waals surface area contributed by atoms with E-state index in [0.717, 1.165) is 36.2 Å². The average Bonchev–Trinajstić information content (AvgIpc) is 3.44. The fraction of sp³-hybridized carbons (Fsp3) is 0.143. The zero-order valence-corrected chi connectivity index (χ0v) is 23.0. The maximum Gasteiger partial charge on any atom is 0.264 e. The van der Waals surface area contributed by atoms with E-state index in [-0.39, 0.29) is 10.8 Å². The van der Waals surface area contributed by atoms with Crippen LogP contribution in [-0.4, -0.2) is 25.9 Å². The number of nitrogens with zero attached hydrogens (tertiary/aromatic N) is 2. The second-order valence-corrected chi connectivity index (χ2v) is 12.6. The number of rotatable bonds is 7. The number of para-hydroxylation sites is 2. The van der Waals surface area contributed by atoms with Gasteiger partial charge in [0.2, 0.25) is 0 Å². The molecule has 0 bridgehead atoms. The van der Waals surface area contributed by atoms with E-state index in [1.54, 1.807) is 54.7 Å². The molecule has 0 fully saturated rings. The molecule has 0 unspecified atom stereocenters. The highest BCUT2D eigenvalue weighted by molar-refractivity contribution is 7.92. The molecule has 1 amide bonds. The van der Waals surface area contributed by atoms with Crippen LogP contribution >= 0.6 is 22.7 Å². The molecule has 5 rings (SSSR count). The molecule has 0 aliphatic carbocycles. The Bertz CT molecular complexity index is 1660. The molecule has 2 heterocycles. The number of amides is 1. The van der Waals surface area contributed by atoms with Gasteiger partial charge in [-0.25, -0.2) is 13.4 Å². The third-order valence-corrected chi connectivity index (χ3v) is 10.2. The Balaban J connectivity index is 1.41. The van der Waals surface area contributed by atoms with Crippen molar-refractivity contribution in [2.24, 2.45) is 0 Å². The Morgan fingerprint density at radius 2 is 1.59 bits per heavy atom. The van der Waals surface area contributed by atoms with E-state index in [4.69, 9.17) is 4.98 Å². The molecule has 2 aromatic heterocycles. The molecule has 6 nitrogen and oxygen atoms in total. The highest BCUT2D eigenvalue weighted by Crippen LogP contribution is 2.43.